The van der Waals surface area contributed by atoms with Gasteiger partial charge in [-0.2, -0.15) is 0 Å². The average molecular weight is 254 g/mol. The number of rotatable bonds is 2. The molecule has 2 heterocycles. The summed E-state index contributed by atoms with van der Waals surface area (Å²) >= 11 is 3.45. The predicted octanol–water partition coefficient (Wildman–Crippen LogP) is 1.91. The molecule has 0 aliphatic carbocycles. The maximum Gasteiger partial charge on any atom is 0.114 e. The molecule has 0 aromatic carbocycles. The second-order valence-corrected chi connectivity index (χ2v) is 4.17. The molecule has 3 nitrogen and oxygen atoms in total. The van der Waals surface area contributed by atoms with Gasteiger partial charge in [-0.05, 0) is 41.5 Å². The fourth-order valence-corrected chi connectivity index (χ4v) is 1.93. The molecule has 2 aromatic rings. The van der Waals surface area contributed by atoms with Crippen LogP contribution in [0, 0.1) is 6.92 Å². The van der Waals surface area contributed by atoms with Crippen molar-refractivity contribution >= 4 is 21.4 Å². The van der Waals surface area contributed by atoms with Crippen molar-refractivity contribution < 1.29 is 0 Å². The van der Waals surface area contributed by atoms with Crippen LogP contribution in [0.5, 0.6) is 0 Å². The third-order valence-electron chi connectivity index (χ3n) is 2.23. The molecule has 2 N–H and O–H groups in total. The zero-order chi connectivity index (χ0) is 10.1. The lowest BCUT2D eigenvalue weighted by Gasteiger charge is -1.99. The maximum absolute atomic E-state index is 5.53. The molecule has 0 spiro atoms. The highest BCUT2D eigenvalue weighted by Gasteiger charge is 2.06. The quantitative estimate of drug-likeness (QED) is 0.889. The summed E-state index contributed by atoms with van der Waals surface area (Å²) in [4.78, 5) is 4.48. The second-order valence-electron chi connectivity index (χ2n) is 3.25. The number of nitrogens with two attached hydrogens (primary N) is 1. The fraction of sp³-hybridized carbons (Fsp3) is 0.300. The molecule has 14 heavy (non-hydrogen) atoms. The lowest BCUT2D eigenvalue weighted by atomic mass is 10.3. The number of pyridine rings is 1. The smallest absolute Gasteiger partial charge is 0.114 e. The molecule has 0 saturated carbocycles. The Hall–Kier alpha value is -0.870. The van der Waals surface area contributed by atoms with Crippen LogP contribution in [0.1, 0.15) is 11.5 Å². The zero-order valence-corrected chi connectivity index (χ0v) is 9.58. The molecular weight excluding hydrogens is 242 g/mol. The third kappa shape index (κ3) is 1.55. The number of fused-ring (bicyclic) bond motifs is 1. The Morgan fingerprint density at radius 1 is 1.50 bits per heavy atom. The van der Waals surface area contributed by atoms with Crippen molar-refractivity contribution in [3.05, 3.63) is 34.3 Å². The van der Waals surface area contributed by atoms with Crippen LogP contribution >= 0.6 is 15.9 Å². The predicted molar refractivity (Wildman–Crippen MR) is 60.4 cm³/mol. The minimum atomic E-state index is 0.630. The lowest BCUT2D eigenvalue weighted by molar-refractivity contribution is 0.859. The number of imidazole rings is 1. The van der Waals surface area contributed by atoms with E-state index in [1.165, 1.54) is 0 Å². The van der Waals surface area contributed by atoms with Crippen LogP contribution in [-0.2, 0) is 6.42 Å². The van der Waals surface area contributed by atoms with Gasteiger partial charge in [0, 0.05) is 17.1 Å². The van der Waals surface area contributed by atoms with Crippen molar-refractivity contribution in [1.29, 1.82) is 0 Å². The Bertz CT molecular complexity index is 462. The number of aromatic nitrogens is 2. The first kappa shape index (κ1) is 9.68. The van der Waals surface area contributed by atoms with E-state index in [1.807, 2.05) is 19.2 Å². The summed E-state index contributed by atoms with van der Waals surface area (Å²) < 4.78 is 3.15. The fourth-order valence-electron chi connectivity index (χ4n) is 1.59. The lowest BCUT2D eigenvalue weighted by Crippen LogP contribution is -2.06. The Morgan fingerprint density at radius 3 is 3.00 bits per heavy atom. The molecule has 0 radical (unpaired) electrons. The Kier molecular flexibility index (Phi) is 2.56. The summed E-state index contributed by atoms with van der Waals surface area (Å²) in [5.41, 5.74) is 7.74. The molecule has 74 valence electrons. The topological polar surface area (TPSA) is 43.3 Å². The van der Waals surface area contributed by atoms with E-state index < -0.39 is 0 Å². The van der Waals surface area contributed by atoms with Crippen LogP contribution in [0.3, 0.4) is 0 Å². The molecule has 0 atom stereocenters. The van der Waals surface area contributed by atoms with Crippen LogP contribution in [0.2, 0.25) is 0 Å². The third-order valence-corrected chi connectivity index (χ3v) is 2.69. The first-order chi connectivity index (χ1) is 6.72. The molecular formula is C10H12BrN3. The van der Waals surface area contributed by atoms with Crippen molar-refractivity contribution in [3.8, 4) is 0 Å². The van der Waals surface area contributed by atoms with Crippen LogP contribution in [0.4, 0.5) is 0 Å². The molecule has 0 unspecified atom stereocenters. The van der Waals surface area contributed by atoms with E-state index in [1.54, 1.807) is 0 Å². The summed E-state index contributed by atoms with van der Waals surface area (Å²) in [5.74, 6) is 1.03. The molecule has 0 aliphatic heterocycles. The largest absolute Gasteiger partial charge is 0.330 e. The number of nitrogens with zero attached hydrogens (tertiary/aromatic N) is 2. The summed E-state index contributed by atoms with van der Waals surface area (Å²) in [6, 6.07) is 4.09. The zero-order valence-electron chi connectivity index (χ0n) is 8.00. The summed E-state index contributed by atoms with van der Waals surface area (Å²) in [7, 11) is 0. The van der Waals surface area contributed by atoms with Crippen LogP contribution in [0.15, 0.2) is 22.8 Å². The molecule has 0 saturated heterocycles. The van der Waals surface area contributed by atoms with Gasteiger partial charge in [-0.15, -0.1) is 0 Å². The Balaban J connectivity index is 2.66. The van der Waals surface area contributed by atoms with Gasteiger partial charge in [0.05, 0.1) is 11.2 Å². The molecule has 0 amide bonds. The van der Waals surface area contributed by atoms with Crippen molar-refractivity contribution in [2.45, 2.75) is 13.3 Å². The molecule has 0 aliphatic rings. The molecule has 4 heteroatoms. The Morgan fingerprint density at radius 2 is 2.29 bits per heavy atom. The van der Waals surface area contributed by atoms with Gasteiger partial charge in [0.2, 0.25) is 0 Å². The standard InChI is InChI=1S/C10H12BrN3/c1-7-9-3-2-8(11)6-14(9)10(13-7)4-5-12/h2-3,6H,4-5,12H2,1H3. The van der Waals surface area contributed by atoms with Crippen LogP contribution < -0.4 is 5.73 Å². The summed E-state index contributed by atoms with van der Waals surface area (Å²) in [5, 5.41) is 0. The van der Waals surface area contributed by atoms with Crippen molar-refractivity contribution in [1.82, 2.24) is 9.38 Å². The average Bonchev–Trinajstić information content (AvgIpc) is 2.44. The SMILES string of the molecule is Cc1nc(CCN)n2cc(Br)ccc12. The first-order valence-corrected chi connectivity index (χ1v) is 5.35. The van der Waals surface area contributed by atoms with Crippen molar-refractivity contribution in [3.63, 3.8) is 0 Å². The minimum Gasteiger partial charge on any atom is -0.330 e. The van der Waals surface area contributed by atoms with Gasteiger partial charge < -0.3 is 10.1 Å². The summed E-state index contributed by atoms with van der Waals surface area (Å²) in [6.07, 6.45) is 2.84. The van der Waals surface area contributed by atoms with Crippen LogP contribution in [0.25, 0.3) is 5.52 Å². The van der Waals surface area contributed by atoms with Gasteiger partial charge in [-0.25, -0.2) is 4.98 Å². The van der Waals surface area contributed by atoms with E-state index in [2.05, 4.69) is 31.4 Å². The maximum atomic E-state index is 5.53. The van der Waals surface area contributed by atoms with Gasteiger partial charge >= 0.3 is 0 Å². The number of hydrogen-bond acceptors (Lipinski definition) is 2. The highest BCUT2D eigenvalue weighted by Crippen LogP contribution is 2.17. The van der Waals surface area contributed by atoms with Gasteiger partial charge in [0.15, 0.2) is 0 Å². The molecule has 2 rings (SSSR count). The normalized spacial score (nSPS) is 11.1. The highest BCUT2D eigenvalue weighted by atomic mass is 79.9. The van der Waals surface area contributed by atoms with E-state index in [9.17, 15) is 0 Å². The summed E-state index contributed by atoms with van der Waals surface area (Å²) in [6.45, 7) is 2.65. The van der Waals surface area contributed by atoms with E-state index in [0.29, 0.717) is 6.54 Å². The van der Waals surface area contributed by atoms with E-state index in [0.717, 1.165) is 27.9 Å². The van der Waals surface area contributed by atoms with Gasteiger partial charge in [0.25, 0.3) is 0 Å². The number of aryl methyl sites for hydroxylation is 1. The highest BCUT2D eigenvalue weighted by molar-refractivity contribution is 9.10. The number of hydrogen-bond donors (Lipinski definition) is 1. The molecule has 2 aromatic heterocycles. The van der Waals surface area contributed by atoms with E-state index in [4.69, 9.17) is 5.73 Å². The van der Waals surface area contributed by atoms with Gasteiger partial charge in [-0.3, -0.25) is 0 Å². The van der Waals surface area contributed by atoms with Crippen LogP contribution in [-0.4, -0.2) is 15.9 Å². The second kappa shape index (κ2) is 3.71. The first-order valence-electron chi connectivity index (χ1n) is 4.55. The monoisotopic (exact) mass is 253 g/mol. The molecule has 0 bridgehead atoms. The minimum absolute atomic E-state index is 0.630. The molecule has 0 fully saturated rings. The number of halogens is 1. The van der Waals surface area contributed by atoms with Crippen molar-refractivity contribution in [2.75, 3.05) is 6.54 Å². The van der Waals surface area contributed by atoms with E-state index >= 15 is 0 Å². The van der Waals surface area contributed by atoms with Crippen molar-refractivity contribution in [2.24, 2.45) is 5.73 Å². The van der Waals surface area contributed by atoms with Gasteiger partial charge in [0.1, 0.15) is 5.82 Å². The van der Waals surface area contributed by atoms with E-state index in [-0.39, 0.29) is 0 Å². The Labute approximate surface area is 91.1 Å². The van der Waals surface area contributed by atoms with Gasteiger partial charge in [-0.1, -0.05) is 0 Å².